The lowest BCUT2D eigenvalue weighted by molar-refractivity contribution is 0.0607. The topological polar surface area (TPSA) is 97.6 Å². The normalized spacial score (nSPS) is 19.3. The van der Waals surface area contributed by atoms with Crippen molar-refractivity contribution in [3.05, 3.63) is 52.3 Å². The number of hydrogen-bond acceptors (Lipinski definition) is 6. The third-order valence-corrected chi connectivity index (χ3v) is 7.29. The summed E-state index contributed by atoms with van der Waals surface area (Å²) < 4.78 is 16.7. The maximum absolute atomic E-state index is 13.8. The summed E-state index contributed by atoms with van der Waals surface area (Å²) >= 11 is -1.27. The van der Waals surface area contributed by atoms with Crippen LogP contribution in [0.25, 0.3) is 5.65 Å². The molecule has 34 heavy (non-hydrogen) atoms. The zero-order chi connectivity index (χ0) is 24.0. The van der Waals surface area contributed by atoms with E-state index in [1.807, 2.05) is 47.5 Å². The Hall–Kier alpha value is -2.78. The molecule has 8 nitrogen and oxygen atoms in total. The van der Waals surface area contributed by atoms with Gasteiger partial charge in [-0.1, -0.05) is 11.6 Å². The number of carbonyl (C=O) groups excluding carboxylic acids is 1. The Bertz CT molecular complexity index is 1240. The molecule has 1 saturated carbocycles. The van der Waals surface area contributed by atoms with Crippen molar-refractivity contribution in [3.8, 4) is 0 Å². The highest BCUT2D eigenvalue weighted by Gasteiger charge is 2.33. The number of nitrogens with one attached hydrogen (secondary N) is 2. The quantitative estimate of drug-likeness (QED) is 0.511. The second-order valence-electron chi connectivity index (χ2n) is 9.54. The number of amides is 1. The van der Waals surface area contributed by atoms with Gasteiger partial charge in [-0.3, -0.25) is 4.79 Å². The molecule has 1 saturated heterocycles. The fourth-order valence-electron chi connectivity index (χ4n) is 4.69. The molecule has 0 bridgehead atoms. The van der Waals surface area contributed by atoms with Gasteiger partial charge < -0.3 is 14.8 Å². The molecule has 2 aliphatic rings. The third kappa shape index (κ3) is 4.46. The third-order valence-electron chi connectivity index (χ3n) is 6.78. The number of aryl methyl sites for hydroxylation is 2. The molecule has 0 spiro atoms. The first-order chi connectivity index (χ1) is 16.3. The van der Waals surface area contributed by atoms with Gasteiger partial charge in [-0.15, -0.1) is 0 Å². The van der Waals surface area contributed by atoms with Crippen LogP contribution in [0.1, 0.15) is 71.0 Å². The van der Waals surface area contributed by atoms with Gasteiger partial charge in [0.1, 0.15) is 12.1 Å². The standard InChI is InChI=1S/C25H32N6O2S/c1-15-8-11-20(29-34(4)33)19(13-15)25(32)30-12-6-5-7-22(30)21-14-23-26-17(3)16(2)24(31(23)28-21)27-18-9-10-18/h8,11,13-14,18,22,27,29H,5-7,9-10,12H2,1-4H3/t22-,34?/m0/s1. The van der Waals surface area contributed by atoms with E-state index in [2.05, 4.69) is 17.0 Å². The minimum Gasteiger partial charge on any atom is -0.593 e. The zero-order valence-corrected chi connectivity index (χ0v) is 21.0. The Morgan fingerprint density at radius 1 is 1.15 bits per heavy atom. The second kappa shape index (κ2) is 9.11. The number of nitrogens with zero attached hydrogens (tertiary/aromatic N) is 4. The monoisotopic (exact) mass is 480 g/mol. The highest BCUT2D eigenvalue weighted by Crippen LogP contribution is 2.35. The van der Waals surface area contributed by atoms with E-state index in [9.17, 15) is 9.35 Å². The number of fused-ring (bicyclic) bond motifs is 1. The lowest BCUT2D eigenvalue weighted by Gasteiger charge is -2.35. The second-order valence-corrected chi connectivity index (χ2v) is 10.7. The molecule has 2 aromatic heterocycles. The smallest absolute Gasteiger partial charge is 0.256 e. The number of piperidine rings is 1. The summed E-state index contributed by atoms with van der Waals surface area (Å²) in [5, 5.41) is 8.59. The first kappa shape index (κ1) is 23.0. The lowest BCUT2D eigenvalue weighted by atomic mass is 9.97. The summed E-state index contributed by atoms with van der Waals surface area (Å²) in [6.07, 6.45) is 6.77. The van der Waals surface area contributed by atoms with E-state index in [1.54, 1.807) is 6.26 Å². The molecule has 1 aliphatic heterocycles. The molecule has 1 amide bonds. The lowest BCUT2D eigenvalue weighted by Crippen LogP contribution is -2.39. The van der Waals surface area contributed by atoms with Gasteiger partial charge in [-0.05, 0) is 65.0 Å². The van der Waals surface area contributed by atoms with E-state index in [0.29, 0.717) is 23.8 Å². The van der Waals surface area contributed by atoms with Gasteiger partial charge >= 0.3 is 0 Å². The van der Waals surface area contributed by atoms with Crippen LogP contribution in [0, 0.1) is 20.8 Å². The van der Waals surface area contributed by atoms with Crippen molar-refractivity contribution >= 4 is 34.4 Å². The van der Waals surface area contributed by atoms with Crippen LogP contribution < -0.4 is 10.0 Å². The summed E-state index contributed by atoms with van der Waals surface area (Å²) in [5.74, 6) is 0.940. The minimum absolute atomic E-state index is 0.0601. The molecule has 9 heteroatoms. The average Bonchev–Trinajstić information content (AvgIpc) is 3.54. The number of aromatic nitrogens is 3. The van der Waals surface area contributed by atoms with E-state index < -0.39 is 11.4 Å². The predicted molar refractivity (Wildman–Crippen MR) is 136 cm³/mol. The summed E-state index contributed by atoms with van der Waals surface area (Å²) in [7, 11) is 0. The van der Waals surface area contributed by atoms with Crippen LogP contribution in [0.5, 0.6) is 0 Å². The summed E-state index contributed by atoms with van der Waals surface area (Å²) in [5.41, 5.74) is 5.90. The Labute approximate surface area is 203 Å². The van der Waals surface area contributed by atoms with Gasteiger partial charge in [0.25, 0.3) is 5.91 Å². The van der Waals surface area contributed by atoms with Crippen molar-refractivity contribution in [1.82, 2.24) is 19.5 Å². The van der Waals surface area contributed by atoms with Crippen molar-refractivity contribution in [3.63, 3.8) is 0 Å². The van der Waals surface area contributed by atoms with Crippen molar-refractivity contribution in [2.45, 2.75) is 65.0 Å². The molecule has 3 aromatic rings. The fourth-order valence-corrected chi connectivity index (χ4v) is 5.18. The largest absolute Gasteiger partial charge is 0.593 e. The van der Waals surface area contributed by atoms with E-state index >= 15 is 0 Å². The van der Waals surface area contributed by atoms with E-state index in [4.69, 9.17) is 10.1 Å². The van der Waals surface area contributed by atoms with Crippen LogP contribution in [0.15, 0.2) is 24.3 Å². The SMILES string of the molecule is Cc1ccc(N[S+](C)[O-])c(C(=O)N2CCCC[C@H]2c2cc3nc(C)c(C)c(NC4CC4)n3n2)c1. The van der Waals surface area contributed by atoms with Gasteiger partial charge in [0, 0.05) is 29.9 Å². The highest BCUT2D eigenvalue weighted by atomic mass is 32.2. The Morgan fingerprint density at radius 2 is 1.94 bits per heavy atom. The highest BCUT2D eigenvalue weighted by molar-refractivity contribution is 7.92. The van der Waals surface area contributed by atoms with Crippen LogP contribution in [-0.4, -0.2) is 48.8 Å². The van der Waals surface area contributed by atoms with Crippen LogP contribution in [0.4, 0.5) is 11.5 Å². The summed E-state index contributed by atoms with van der Waals surface area (Å²) in [4.78, 5) is 20.5. The summed E-state index contributed by atoms with van der Waals surface area (Å²) in [6, 6.07) is 8.03. The van der Waals surface area contributed by atoms with Crippen molar-refractivity contribution in [2.24, 2.45) is 0 Å². The van der Waals surface area contributed by atoms with Crippen molar-refractivity contribution in [1.29, 1.82) is 0 Å². The van der Waals surface area contributed by atoms with E-state index in [0.717, 1.165) is 53.2 Å². The zero-order valence-electron chi connectivity index (χ0n) is 20.2. The number of hydrogen-bond donors (Lipinski definition) is 2. The van der Waals surface area contributed by atoms with Gasteiger partial charge in [0.15, 0.2) is 5.65 Å². The predicted octanol–water partition coefficient (Wildman–Crippen LogP) is 4.30. The van der Waals surface area contributed by atoms with E-state index in [1.165, 1.54) is 12.8 Å². The first-order valence-electron chi connectivity index (χ1n) is 12.0. The molecule has 2 atom stereocenters. The summed E-state index contributed by atoms with van der Waals surface area (Å²) in [6.45, 7) is 6.73. The van der Waals surface area contributed by atoms with Crippen molar-refractivity contribution in [2.75, 3.05) is 22.8 Å². The van der Waals surface area contributed by atoms with Crippen LogP contribution in [0.3, 0.4) is 0 Å². The molecular formula is C25H32N6O2S. The van der Waals surface area contributed by atoms with Gasteiger partial charge in [0.2, 0.25) is 0 Å². The van der Waals surface area contributed by atoms with Crippen LogP contribution in [-0.2, 0) is 11.4 Å². The van der Waals surface area contributed by atoms with Gasteiger partial charge in [-0.2, -0.15) is 9.61 Å². The van der Waals surface area contributed by atoms with E-state index in [-0.39, 0.29) is 11.9 Å². The number of rotatable bonds is 6. The Morgan fingerprint density at radius 3 is 2.68 bits per heavy atom. The molecule has 180 valence electrons. The number of carbonyl (C=O) groups is 1. The molecule has 1 aliphatic carbocycles. The van der Waals surface area contributed by atoms with Crippen LogP contribution in [0.2, 0.25) is 0 Å². The molecule has 3 heterocycles. The minimum atomic E-state index is -1.27. The van der Waals surface area contributed by atoms with Crippen molar-refractivity contribution < 1.29 is 9.35 Å². The number of benzene rings is 1. The first-order valence-corrected chi connectivity index (χ1v) is 13.5. The molecule has 2 fully saturated rings. The molecule has 1 aromatic carbocycles. The molecule has 2 N–H and O–H groups in total. The molecule has 0 radical (unpaired) electrons. The molecular weight excluding hydrogens is 448 g/mol. The Kier molecular flexibility index (Phi) is 6.16. The fraction of sp³-hybridized carbons (Fsp3) is 0.480. The molecule has 5 rings (SSSR count). The Balaban J connectivity index is 1.52. The maximum atomic E-state index is 13.8. The van der Waals surface area contributed by atoms with Gasteiger partial charge in [0.05, 0.1) is 34.3 Å². The average molecular weight is 481 g/mol. The van der Waals surface area contributed by atoms with Gasteiger partial charge in [-0.25, -0.2) is 9.71 Å². The van der Waals surface area contributed by atoms with Crippen LogP contribution >= 0.6 is 0 Å². The number of anilines is 2. The maximum Gasteiger partial charge on any atom is 0.256 e. The molecule has 1 unspecified atom stereocenters. The number of likely N-dealkylation sites (tertiary alicyclic amines) is 1.